The monoisotopic (exact) mass is 394 g/mol. The van der Waals surface area contributed by atoms with Gasteiger partial charge in [0, 0.05) is 24.9 Å². The molecule has 1 aromatic heterocycles. The third-order valence-corrected chi connectivity index (χ3v) is 4.92. The van der Waals surface area contributed by atoms with Gasteiger partial charge in [0.25, 0.3) is 0 Å². The minimum atomic E-state index is -0.0613. The lowest BCUT2D eigenvalue weighted by molar-refractivity contribution is -0.130. The number of thiophene rings is 1. The van der Waals surface area contributed by atoms with Crippen LogP contribution in [0.15, 0.2) is 46.3 Å². The topological polar surface area (TPSA) is 49.4 Å². The number of carbonyl (C=O) groups excluding carboxylic acids is 2. The van der Waals surface area contributed by atoms with Crippen LogP contribution in [0, 0.1) is 0 Å². The molecule has 122 valence electrons. The summed E-state index contributed by atoms with van der Waals surface area (Å²) in [6, 6.07) is 13.5. The van der Waals surface area contributed by atoms with Gasteiger partial charge in [-0.2, -0.15) is 0 Å². The highest BCUT2D eigenvalue weighted by Crippen LogP contribution is 2.23. The Kier molecular flexibility index (Phi) is 6.80. The first-order valence-corrected chi connectivity index (χ1v) is 8.94. The molecule has 1 aromatic carbocycles. The van der Waals surface area contributed by atoms with Gasteiger partial charge in [-0.05, 0) is 33.6 Å². The molecule has 0 aliphatic carbocycles. The van der Waals surface area contributed by atoms with E-state index >= 15 is 0 Å². The van der Waals surface area contributed by atoms with Gasteiger partial charge in [-0.1, -0.05) is 30.3 Å². The molecule has 0 saturated carbocycles. The third kappa shape index (κ3) is 6.15. The lowest BCUT2D eigenvalue weighted by Crippen LogP contribution is -2.32. The van der Waals surface area contributed by atoms with Gasteiger partial charge in [0.2, 0.25) is 11.8 Å². The summed E-state index contributed by atoms with van der Waals surface area (Å²) in [7, 11) is 1.78. The molecule has 0 unspecified atom stereocenters. The minimum Gasteiger partial charge on any atom is -0.355 e. The van der Waals surface area contributed by atoms with Gasteiger partial charge in [0.05, 0.1) is 16.8 Å². The summed E-state index contributed by atoms with van der Waals surface area (Å²) in [4.78, 5) is 26.7. The molecule has 6 heteroatoms. The van der Waals surface area contributed by atoms with Crippen LogP contribution in [-0.2, 0) is 22.6 Å². The van der Waals surface area contributed by atoms with Crippen LogP contribution in [0.4, 0.5) is 0 Å². The van der Waals surface area contributed by atoms with Crippen LogP contribution in [0.3, 0.4) is 0 Å². The number of amides is 2. The molecule has 0 aliphatic rings. The molecule has 0 bridgehead atoms. The molecule has 1 N–H and O–H groups in total. The zero-order valence-corrected chi connectivity index (χ0v) is 15.3. The smallest absolute Gasteiger partial charge is 0.224 e. The predicted octanol–water partition coefficient (Wildman–Crippen LogP) is 3.22. The van der Waals surface area contributed by atoms with Crippen molar-refractivity contribution in [1.29, 1.82) is 0 Å². The molecule has 0 radical (unpaired) electrons. The molecule has 23 heavy (non-hydrogen) atoms. The van der Waals surface area contributed by atoms with Crippen molar-refractivity contribution < 1.29 is 9.59 Å². The fourth-order valence-corrected chi connectivity index (χ4v) is 3.64. The van der Waals surface area contributed by atoms with Crippen molar-refractivity contribution in [2.75, 3.05) is 13.6 Å². The van der Waals surface area contributed by atoms with Crippen molar-refractivity contribution in [1.82, 2.24) is 10.2 Å². The Labute approximate surface area is 148 Å². The van der Waals surface area contributed by atoms with Crippen molar-refractivity contribution in [3.63, 3.8) is 0 Å². The van der Waals surface area contributed by atoms with Crippen molar-refractivity contribution in [3.05, 3.63) is 56.7 Å². The molecule has 0 aliphatic heterocycles. The second-order valence-corrected chi connectivity index (χ2v) is 7.77. The highest BCUT2D eigenvalue weighted by Gasteiger charge is 2.11. The Bertz CT molecular complexity index is 658. The average molecular weight is 395 g/mol. The number of halogens is 1. The summed E-state index contributed by atoms with van der Waals surface area (Å²) in [6.45, 7) is 0.954. The van der Waals surface area contributed by atoms with E-state index in [9.17, 15) is 9.59 Å². The lowest BCUT2D eigenvalue weighted by atomic mass is 10.1. The first-order chi connectivity index (χ1) is 11.0. The van der Waals surface area contributed by atoms with Crippen molar-refractivity contribution in [2.45, 2.75) is 19.4 Å². The number of nitrogens with zero attached hydrogens (tertiary/aromatic N) is 1. The number of rotatable bonds is 7. The van der Waals surface area contributed by atoms with Gasteiger partial charge in [0.15, 0.2) is 0 Å². The van der Waals surface area contributed by atoms with Crippen molar-refractivity contribution in [2.24, 2.45) is 0 Å². The van der Waals surface area contributed by atoms with E-state index in [1.807, 2.05) is 42.5 Å². The molecule has 0 fully saturated rings. The molecule has 1 heterocycles. The maximum atomic E-state index is 12.1. The van der Waals surface area contributed by atoms with Crippen LogP contribution < -0.4 is 5.32 Å². The van der Waals surface area contributed by atoms with Crippen LogP contribution in [0.2, 0.25) is 0 Å². The van der Waals surface area contributed by atoms with Crippen LogP contribution in [-0.4, -0.2) is 30.3 Å². The van der Waals surface area contributed by atoms with E-state index in [0.29, 0.717) is 25.9 Å². The summed E-state index contributed by atoms with van der Waals surface area (Å²) in [6.07, 6.45) is 0.650. The summed E-state index contributed by atoms with van der Waals surface area (Å²) in [5.74, 6) is -0.0385. The number of benzene rings is 1. The van der Waals surface area contributed by atoms with Crippen LogP contribution in [0.5, 0.6) is 0 Å². The van der Waals surface area contributed by atoms with E-state index in [1.165, 1.54) is 0 Å². The van der Waals surface area contributed by atoms with Gasteiger partial charge in [-0.25, -0.2) is 0 Å². The Morgan fingerprint density at radius 3 is 2.57 bits per heavy atom. The maximum Gasteiger partial charge on any atom is 0.224 e. The standard InChI is InChI=1S/C17H19BrN2O2S/c1-20(12-14-7-8-15(18)23-14)17(22)9-10-19-16(21)11-13-5-3-2-4-6-13/h2-8H,9-12H2,1H3,(H,19,21). The van der Waals surface area contributed by atoms with E-state index < -0.39 is 0 Å². The second-order valence-electron chi connectivity index (χ2n) is 5.22. The molecule has 4 nitrogen and oxygen atoms in total. The lowest BCUT2D eigenvalue weighted by Gasteiger charge is -2.16. The Hall–Kier alpha value is -1.66. The molecule has 2 amide bonds. The highest BCUT2D eigenvalue weighted by molar-refractivity contribution is 9.11. The Balaban J connectivity index is 1.68. The van der Waals surface area contributed by atoms with E-state index in [4.69, 9.17) is 0 Å². The molecule has 2 aromatic rings. The number of carbonyl (C=O) groups is 2. The first kappa shape index (κ1) is 17.7. The van der Waals surface area contributed by atoms with E-state index in [0.717, 1.165) is 14.2 Å². The van der Waals surface area contributed by atoms with Crippen molar-refractivity contribution >= 4 is 39.1 Å². The van der Waals surface area contributed by atoms with Gasteiger partial charge in [-0.3, -0.25) is 9.59 Å². The molecule has 0 atom stereocenters. The quantitative estimate of drug-likeness (QED) is 0.783. The second kappa shape index (κ2) is 8.84. The Morgan fingerprint density at radius 2 is 1.91 bits per heavy atom. The summed E-state index contributed by atoms with van der Waals surface area (Å²) >= 11 is 5.03. The molecular weight excluding hydrogens is 376 g/mol. The van der Waals surface area contributed by atoms with Gasteiger partial charge in [-0.15, -0.1) is 11.3 Å². The van der Waals surface area contributed by atoms with E-state index in [1.54, 1.807) is 23.3 Å². The van der Waals surface area contributed by atoms with Crippen LogP contribution in [0.1, 0.15) is 16.9 Å². The van der Waals surface area contributed by atoms with E-state index in [-0.39, 0.29) is 11.8 Å². The zero-order chi connectivity index (χ0) is 16.7. The van der Waals surface area contributed by atoms with Crippen LogP contribution in [0.25, 0.3) is 0 Å². The van der Waals surface area contributed by atoms with Gasteiger partial charge >= 0.3 is 0 Å². The van der Waals surface area contributed by atoms with Gasteiger partial charge in [0.1, 0.15) is 0 Å². The number of nitrogens with one attached hydrogen (secondary N) is 1. The largest absolute Gasteiger partial charge is 0.355 e. The fourth-order valence-electron chi connectivity index (χ4n) is 2.10. The maximum absolute atomic E-state index is 12.1. The molecule has 2 rings (SSSR count). The Morgan fingerprint density at radius 1 is 1.17 bits per heavy atom. The van der Waals surface area contributed by atoms with Crippen LogP contribution >= 0.6 is 27.3 Å². The zero-order valence-electron chi connectivity index (χ0n) is 12.9. The summed E-state index contributed by atoms with van der Waals surface area (Å²) in [5, 5.41) is 2.79. The predicted molar refractivity (Wildman–Crippen MR) is 96.3 cm³/mol. The summed E-state index contributed by atoms with van der Waals surface area (Å²) < 4.78 is 1.06. The fraction of sp³-hybridized carbons (Fsp3) is 0.294. The SMILES string of the molecule is CN(Cc1ccc(Br)s1)C(=O)CCNC(=O)Cc1ccccc1. The first-order valence-electron chi connectivity index (χ1n) is 7.33. The molecule has 0 saturated heterocycles. The van der Waals surface area contributed by atoms with Gasteiger partial charge < -0.3 is 10.2 Å². The molecule has 0 spiro atoms. The minimum absolute atomic E-state index is 0.0227. The van der Waals surface area contributed by atoms with Crippen molar-refractivity contribution in [3.8, 4) is 0 Å². The number of hydrogen-bond acceptors (Lipinski definition) is 3. The average Bonchev–Trinajstić information content (AvgIpc) is 2.93. The summed E-state index contributed by atoms with van der Waals surface area (Å²) in [5.41, 5.74) is 0.969. The highest BCUT2D eigenvalue weighted by atomic mass is 79.9. The molecular formula is C17H19BrN2O2S. The third-order valence-electron chi connectivity index (χ3n) is 3.32. The normalized spacial score (nSPS) is 10.3. The van der Waals surface area contributed by atoms with E-state index in [2.05, 4.69) is 21.2 Å². The number of hydrogen-bond donors (Lipinski definition) is 1.